The van der Waals surface area contributed by atoms with E-state index in [1.54, 1.807) is 23.1 Å². The van der Waals surface area contributed by atoms with Gasteiger partial charge in [0.1, 0.15) is 18.9 Å². The lowest BCUT2D eigenvalue weighted by atomic mass is 10.1. The quantitative estimate of drug-likeness (QED) is 0.560. The normalized spacial score (nSPS) is 13.4. The van der Waals surface area contributed by atoms with Gasteiger partial charge in [0.2, 0.25) is 0 Å². The van der Waals surface area contributed by atoms with Crippen LogP contribution < -0.4 is 15.0 Å². The smallest absolute Gasteiger partial charge is 0.323 e. The molecule has 2 N–H and O–H groups in total. The summed E-state index contributed by atoms with van der Waals surface area (Å²) in [5, 5.41) is 12.1. The Morgan fingerprint density at radius 1 is 1.41 bits per heavy atom. The fourth-order valence-corrected chi connectivity index (χ4v) is 2.38. The minimum atomic E-state index is -0.897. The van der Waals surface area contributed by atoms with Crippen molar-refractivity contribution in [3.8, 4) is 5.75 Å². The van der Waals surface area contributed by atoms with E-state index in [9.17, 15) is 9.59 Å². The van der Waals surface area contributed by atoms with Crippen molar-refractivity contribution in [1.29, 1.82) is 0 Å². The van der Waals surface area contributed by atoms with Crippen LogP contribution in [-0.2, 0) is 4.79 Å². The van der Waals surface area contributed by atoms with Crippen molar-refractivity contribution in [2.75, 3.05) is 37.7 Å². The van der Waals surface area contributed by atoms with Crippen LogP contribution in [0.1, 0.15) is 30.1 Å². The van der Waals surface area contributed by atoms with Crippen LogP contribution in [-0.4, -0.2) is 49.6 Å². The summed E-state index contributed by atoms with van der Waals surface area (Å²) in [7, 11) is 0. The molecule has 6 heteroatoms. The number of hydrogen-bond acceptors (Lipinski definition) is 5. The number of ether oxygens (including phenoxy) is 1. The molecule has 1 heterocycles. The maximum absolute atomic E-state index is 12.2. The van der Waals surface area contributed by atoms with E-state index >= 15 is 0 Å². The minimum Gasteiger partial charge on any atom is -0.490 e. The van der Waals surface area contributed by atoms with E-state index in [0.29, 0.717) is 36.7 Å². The first-order valence-corrected chi connectivity index (χ1v) is 7.59. The molecule has 0 radical (unpaired) electrons. The zero-order chi connectivity index (χ0) is 15.9. The molecule has 120 valence electrons. The number of ketones is 1. The molecule has 22 heavy (non-hydrogen) atoms. The summed E-state index contributed by atoms with van der Waals surface area (Å²) in [6, 6.07) is 5.19. The van der Waals surface area contributed by atoms with Crippen molar-refractivity contribution in [1.82, 2.24) is 5.32 Å². The fourth-order valence-electron chi connectivity index (χ4n) is 2.38. The molecular formula is C16H22N2O4. The Morgan fingerprint density at radius 2 is 2.23 bits per heavy atom. The molecule has 1 aliphatic heterocycles. The number of fused-ring (bicyclic) bond motifs is 1. The van der Waals surface area contributed by atoms with Crippen LogP contribution in [0.2, 0.25) is 0 Å². The Kier molecular flexibility index (Phi) is 5.77. The molecule has 0 amide bonds. The second-order valence-corrected chi connectivity index (χ2v) is 5.30. The van der Waals surface area contributed by atoms with Crippen molar-refractivity contribution in [3.63, 3.8) is 0 Å². The van der Waals surface area contributed by atoms with Crippen LogP contribution in [0.4, 0.5) is 5.69 Å². The zero-order valence-corrected chi connectivity index (χ0v) is 12.8. The van der Waals surface area contributed by atoms with E-state index < -0.39 is 5.97 Å². The lowest BCUT2D eigenvalue weighted by Crippen LogP contribution is -2.37. The maximum Gasteiger partial charge on any atom is 0.323 e. The number of carboxylic acid groups (broad SMARTS) is 1. The predicted molar refractivity (Wildman–Crippen MR) is 83.9 cm³/mol. The molecule has 0 saturated carbocycles. The van der Waals surface area contributed by atoms with Gasteiger partial charge in [0.15, 0.2) is 5.78 Å². The molecule has 0 fully saturated rings. The molecule has 0 unspecified atom stereocenters. The standard InChI is InChI=1S/C16H22N2O4/c1-2-3-6-17-10-14(19)12-4-5-15-13(9-12)18(7-8-22-15)11-16(20)21/h4-5,9,17H,2-3,6-8,10-11H2,1H3,(H,20,21). The van der Waals surface area contributed by atoms with E-state index in [1.165, 1.54) is 0 Å². The summed E-state index contributed by atoms with van der Waals surface area (Å²) >= 11 is 0. The highest BCUT2D eigenvalue weighted by molar-refractivity contribution is 5.99. The van der Waals surface area contributed by atoms with Gasteiger partial charge in [-0.05, 0) is 31.2 Å². The lowest BCUT2D eigenvalue weighted by molar-refractivity contribution is -0.135. The number of nitrogens with zero attached hydrogens (tertiary/aromatic N) is 1. The van der Waals surface area contributed by atoms with E-state index in [1.807, 2.05) is 0 Å². The lowest BCUT2D eigenvalue weighted by Gasteiger charge is -2.30. The number of aliphatic carboxylic acids is 1. The van der Waals surface area contributed by atoms with Gasteiger partial charge in [-0.3, -0.25) is 9.59 Å². The Labute approximate surface area is 130 Å². The summed E-state index contributed by atoms with van der Waals surface area (Å²) < 4.78 is 5.52. The molecule has 0 bridgehead atoms. The summed E-state index contributed by atoms with van der Waals surface area (Å²) in [5.41, 5.74) is 1.25. The molecule has 1 aromatic carbocycles. The third-order valence-corrected chi connectivity index (χ3v) is 3.56. The number of Topliss-reactive ketones (excluding diaryl/α,β-unsaturated/α-hetero) is 1. The Balaban J connectivity index is 2.08. The molecule has 2 rings (SSSR count). The maximum atomic E-state index is 12.2. The van der Waals surface area contributed by atoms with Crippen molar-refractivity contribution >= 4 is 17.4 Å². The Morgan fingerprint density at radius 3 is 2.95 bits per heavy atom. The first kappa shape index (κ1) is 16.3. The highest BCUT2D eigenvalue weighted by Gasteiger charge is 2.21. The molecule has 1 aliphatic rings. The zero-order valence-electron chi connectivity index (χ0n) is 12.8. The average molecular weight is 306 g/mol. The van der Waals surface area contributed by atoms with Crippen LogP contribution in [0.25, 0.3) is 0 Å². The van der Waals surface area contributed by atoms with Gasteiger partial charge in [-0.25, -0.2) is 0 Å². The highest BCUT2D eigenvalue weighted by Crippen LogP contribution is 2.32. The highest BCUT2D eigenvalue weighted by atomic mass is 16.5. The molecule has 0 spiro atoms. The first-order chi connectivity index (χ1) is 10.6. The topological polar surface area (TPSA) is 78.9 Å². The number of hydrogen-bond donors (Lipinski definition) is 2. The van der Waals surface area contributed by atoms with Crippen LogP contribution in [0.3, 0.4) is 0 Å². The third kappa shape index (κ3) is 4.21. The second kappa shape index (κ2) is 7.79. The minimum absolute atomic E-state index is 0.000230. The van der Waals surface area contributed by atoms with Crippen LogP contribution >= 0.6 is 0 Å². The Hall–Kier alpha value is -2.08. The SMILES string of the molecule is CCCCNCC(=O)c1ccc2c(c1)N(CC(=O)O)CCO2. The van der Waals surface area contributed by atoms with Gasteiger partial charge in [-0.2, -0.15) is 0 Å². The van der Waals surface area contributed by atoms with Crippen LogP contribution in [0, 0.1) is 0 Å². The number of rotatable bonds is 8. The molecule has 6 nitrogen and oxygen atoms in total. The molecule has 1 aromatic rings. The summed E-state index contributed by atoms with van der Waals surface area (Å²) in [6.45, 7) is 4.07. The second-order valence-electron chi connectivity index (χ2n) is 5.30. The van der Waals surface area contributed by atoms with E-state index in [4.69, 9.17) is 9.84 Å². The van der Waals surface area contributed by atoms with E-state index in [0.717, 1.165) is 19.4 Å². The summed E-state index contributed by atoms with van der Waals surface area (Å²) in [4.78, 5) is 24.8. The number of carbonyl (C=O) groups is 2. The Bertz CT molecular complexity index is 545. The van der Waals surface area contributed by atoms with Crippen molar-refractivity contribution in [2.24, 2.45) is 0 Å². The van der Waals surface area contributed by atoms with Gasteiger partial charge in [0.05, 0.1) is 18.8 Å². The fraction of sp³-hybridized carbons (Fsp3) is 0.500. The monoisotopic (exact) mass is 306 g/mol. The van der Waals surface area contributed by atoms with Crippen LogP contribution in [0.5, 0.6) is 5.75 Å². The first-order valence-electron chi connectivity index (χ1n) is 7.59. The number of carboxylic acids is 1. The van der Waals surface area contributed by atoms with Gasteiger partial charge in [-0.1, -0.05) is 13.3 Å². The largest absolute Gasteiger partial charge is 0.490 e. The van der Waals surface area contributed by atoms with E-state index in [-0.39, 0.29) is 12.3 Å². The molecule has 0 aliphatic carbocycles. The van der Waals surface area contributed by atoms with Gasteiger partial charge < -0.3 is 20.1 Å². The number of benzene rings is 1. The van der Waals surface area contributed by atoms with Gasteiger partial charge in [-0.15, -0.1) is 0 Å². The van der Waals surface area contributed by atoms with Gasteiger partial charge in [0.25, 0.3) is 0 Å². The van der Waals surface area contributed by atoms with Crippen LogP contribution in [0.15, 0.2) is 18.2 Å². The van der Waals surface area contributed by atoms with Gasteiger partial charge in [0, 0.05) is 5.56 Å². The average Bonchev–Trinajstić information content (AvgIpc) is 2.51. The number of anilines is 1. The van der Waals surface area contributed by atoms with Crippen molar-refractivity contribution < 1.29 is 19.4 Å². The predicted octanol–water partition coefficient (Wildman–Crippen LogP) is 1.54. The third-order valence-electron chi connectivity index (χ3n) is 3.56. The molecule has 0 saturated heterocycles. The molecule has 0 aromatic heterocycles. The van der Waals surface area contributed by atoms with E-state index in [2.05, 4.69) is 12.2 Å². The summed E-state index contributed by atoms with van der Waals surface area (Å²) in [5.74, 6) is -0.270. The van der Waals surface area contributed by atoms with Crippen molar-refractivity contribution in [2.45, 2.75) is 19.8 Å². The molecule has 0 atom stereocenters. The summed E-state index contributed by atoms with van der Waals surface area (Å²) in [6.07, 6.45) is 2.12. The number of unbranched alkanes of at least 4 members (excludes halogenated alkanes) is 1. The number of nitrogens with one attached hydrogen (secondary N) is 1. The van der Waals surface area contributed by atoms with Gasteiger partial charge >= 0.3 is 5.97 Å². The van der Waals surface area contributed by atoms with Crippen molar-refractivity contribution in [3.05, 3.63) is 23.8 Å². The molecular weight excluding hydrogens is 284 g/mol. The number of carbonyl (C=O) groups excluding carboxylic acids is 1.